The van der Waals surface area contributed by atoms with E-state index in [1.807, 2.05) is 6.20 Å². The number of aromatic nitrogens is 2. The molecule has 0 bridgehead atoms. The molecule has 0 saturated carbocycles. The van der Waals surface area contributed by atoms with Crippen molar-refractivity contribution in [2.45, 2.75) is 53.1 Å². The van der Waals surface area contributed by atoms with Gasteiger partial charge in [-0.1, -0.05) is 37.6 Å². The fourth-order valence-corrected chi connectivity index (χ4v) is 2.81. The predicted octanol–water partition coefficient (Wildman–Crippen LogP) is 3.80. The highest BCUT2D eigenvalue weighted by Gasteiger charge is 2.16. The minimum absolute atomic E-state index is 0.324. The Morgan fingerprint density at radius 3 is 2.71 bits per heavy atom. The van der Waals surface area contributed by atoms with Gasteiger partial charge in [-0.2, -0.15) is 5.10 Å². The highest BCUT2D eigenvalue weighted by molar-refractivity contribution is 5.32. The first kappa shape index (κ1) is 15.8. The Labute approximate surface area is 128 Å². The summed E-state index contributed by atoms with van der Waals surface area (Å²) in [5.41, 5.74) is 5.41. The van der Waals surface area contributed by atoms with Gasteiger partial charge in [0, 0.05) is 12.7 Å². The molecule has 1 N–H and O–H groups in total. The molecule has 21 heavy (non-hydrogen) atoms. The molecule has 3 nitrogen and oxygen atoms in total. The summed E-state index contributed by atoms with van der Waals surface area (Å²) in [5.74, 6) is 0. The molecular formula is C18H27N3. The molecule has 0 radical (unpaired) electrons. The fourth-order valence-electron chi connectivity index (χ4n) is 2.81. The van der Waals surface area contributed by atoms with Gasteiger partial charge in [-0.25, -0.2) is 0 Å². The van der Waals surface area contributed by atoms with E-state index in [0.29, 0.717) is 6.04 Å². The molecule has 114 valence electrons. The van der Waals surface area contributed by atoms with Crippen molar-refractivity contribution >= 4 is 0 Å². The summed E-state index contributed by atoms with van der Waals surface area (Å²) in [6, 6.07) is 9.18. The van der Waals surface area contributed by atoms with Gasteiger partial charge in [0.2, 0.25) is 0 Å². The molecule has 0 aliphatic rings. The Hall–Kier alpha value is -1.61. The van der Waals surface area contributed by atoms with E-state index in [1.165, 1.54) is 22.4 Å². The van der Waals surface area contributed by atoms with Crippen molar-refractivity contribution in [2.75, 3.05) is 6.54 Å². The second kappa shape index (κ2) is 7.41. The van der Waals surface area contributed by atoms with Gasteiger partial charge in [-0.15, -0.1) is 0 Å². The van der Waals surface area contributed by atoms with Gasteiger partial charge in [0.1, 0.15) is 0 Å². The molecule has 1 aromatic carbocycles. The smallest absolute Gasteiger partial charge is 0.0556 e. The molecule has 2 rings (SSSR count). The van der Waals surface area contributed by atoms with Crippen LogP contribution in [0.3, 0.4) is 0 Å². The van der Waals surface area contributed by atoms with Crippen LogP contribution in [0.4, 0.5) is 0 Å². The highest BCUT2D eigenvalue weighted by Crippen LogP contribution is 2.21. The van der Waals surface area contributed by atoms with Crippen molar-refractivity contribution in [1.82, 2.24) is 15.1 Å². The number of nitrogens with zero attached hydrogens (tertiary/aromatic N) is 2. The lowest BCUT2D eigenvalue weighted by atomic mass is 9.97. The largest absolute Gasteiger partial charge is 0.309 e. The molecular weight excluding hydrogens is 258 g/mol. The number of hydrogen-bond acceptors (Lipinski definition) is 2. The van der Waals surface area contributed by atoms with E-state index in [-0.39, 0.29) is 0 Å². The first-order valence-corrected chi connectivity index (χ1v) is 7.96. The number of nitrogens with one attached hydrogen (secondary N) is 1. The zero-order valence-corrected chi connectivity index (χ0v) is 13.7. The second-order valence-corrected chi connectivity index (χ2v) is 5.72. The van der Waals surface area contributed by atoms with E-state index in [2.05, 4.69) is 67.1 Å². The molecule has 0 aliphatic heterocycles. The van der Waals surface area contributed by atoms with Crippen LogP contribution >= 0.6 is 0 Å². The van der Waals surface area contributed by atoms with E-state index < -0.39 is 0 Å². The summed E-state index contributed by atoms with van der Waals surface area (Å²) in [7, 11) is 0. The van der Waals surface area contributed by atoms with Gasteiger partial charge in [0.15, 0.2) is 0 Å². The average Bonchev–Trinajstić information content (AvgIpc) is 2.91. The maximum absolute atomic E-state index is 4.47. The SMILES string of the molecule is CCCn1nccc1C(Cc1cc(C)ccc1C)NCC. The molecule has 0 saturated heterocycles. The van der Waals surface area contributed by atoms with Crippen molar-refractivity contribution in [1.29, 1.82) is 0 Å². The van der Waals surface area contributed by atoms with Crippen molar-refractivity contribution in [2.24, 2.45) is 0 Å². The summed E-state index contributed by atoms with van der Waals surface area (Å²) in [5, 5.41) is 8.09. The number of aryl methyl sites for hydroxylation is 3. The lowest BCUT2D eigenvalue weighted by molar-refractivity contribution is 0.477. The number of hydrogen-bond donors (Lipinski definition) is 1. The maximum Gasteiger partial charge on any atom is 0.0556 e. The third-order valence-electron chi connectivity index (χ3n) is 3.92. The van der Waals surface area contributed by atoms with Crippen molar-refractivity contribution in [3.63, 3.8) is 0 Å². The van der Waals surface area contributed by atoms with Crippen LogP contribution in [0.25, 0.3) is 0 Å². The van der Waals surface area contributed by atoms with Crippen LogP contribution < -0.4 is 5.32 Å². The molecule has 1 unspecified atom stereocenters. The molecule has 0 amide bonds. The Morgan fingerprint density at radius 1 is 1.19 bits per heavy atom. The van der Waals surface area contributed by atoms with Gasteiger partial charge in [-0.05, 0) is 50.4 Å². The summed E-state index contributed by atoms with van der Waals surface area (Å²) in [6.07, 6.45) is 4.03. The first-order chi connectivity index (χ1) is 10.2. The molecule has 1 heterocycles. The highest BCUT2D eigenvalue weighted by atomic mass is 15.3. The van der Waals surface area contributed by atoms with Crippen LogP contribution in [0, 0.1) is 13.8 Å². The molecule has 1 atom stereocenters. The summed E-state index contributed by atoms with van der Waals surface area (Å²) in [4.78, 5) is 0. The zero-order valence-electron chi connectivity index (χ0n) is 13.7. The van der Waals surface area contributed by atoms with Crippen molar-refractivity contribution in [3.05, 3.63) is 52.8 Å². The van der Waals surface area contributed by atoms with Crippen LogP contribution in [-0.4, -0.2) is 16.3 Å². The predicted molar refractivity (Wildman–Crippen MR) is 88.6 cm³/mol. The lowest BCUT2D eigenvalue weighted by Gasteiger charge is -2.21. The van der Waals surface area contributed by atoms with Crippen molar-refractivity contribution < 1.29 is 0 Å². The number of rotatable bonds is 7. The molecule has 3 heteroatoms. The minimum Gasteiger partial charge on any atom is -0.309 e. The topological polar surface area (TPSA) is 29.9 Å². The molecule has 0 spiro atoms. The third kappa shape index (κ3) is 3.94. The summed E-state index contributed by atoms with van der Waals surface area (Å²) >= 11 is 0. The lowest BCUT2D eigenvalue weighted by Crippen LogP contribution is -2.26. The van der Waals surface area contributed by atoms with Gasteiger partial charge in [0.25, 0.3) is 0 Å². The number of likely N-dealkylation sites (N-methyl/N-ethyl adjacent to an activating group) is 1. The van der Waals surface area contributed by atoms with E-state index in [1.54, 1.807) is 0 Å². The van der Waals surface area contributed by atoms with E-state index >= 15 is 0 Å². The van der Waals surface area contributed by atoms with Crippen LogP contribution in [-0.2, 0) is 13.0 Å². The quantitative estimate of drug-likeness (QED) is 0.838. The number of benzene rings is 1. The standard InChI is InChI=1S/C18H27N3/c1-5-11-21-18(9-10-20-21)17(19-6-2)13-16-12-14(3)7-8-15(16)4/h7-10,12,17,19H,5-6,11,13H2,1-4H3. The van der Waals surface area contributed by atoms with Gasteiger partial charge < -0.3 is 5.32 Å². The normalized spacial score (nSPS) is 12.6. The summed E-state index contributed by atoms with van der Waals surface area (Å²) in [6.45, 7) is 10.7. The molecule has 2 aromatic rings. The Bertz CT molecular complexity index is 572. The Balaban J connectivity index is 2.26. The van der Waals surface area contributed by atoms with E-state index in [9.17, 15) is 0 Å². The average molecular weight is 285 g/mol. The summed E-state index contributed by atoms with van der Waals surface area (Å²) < 4.78 is 2.14. The minimum atomic E-state index is 0.324. The van der Waals surface area contributed by atoms with Gasteiger partial charge in [-0.3, -0.25) is 4.68 Å². The van der Waals surface area contributed by atoms with E-state index in [0.717, 1.165) is 25.9 Å². The first-order valence-electron chi connectivity index (χ1n) is 7.96. The van der Waals surface area contributed by atoms with Crippen LogP contribution in [0.5, 0.6) is 0 Å². The maximum atomic E-state index is 4.47. The van der Waals surface area contributed by atoms with Crippen LogP contribution in [0.2, 0.25) is 0 Å². The second-order valence-electron chi connectivity index (χ2n) is 5.72. The zero-order chi connectivity index (χ0) is 15.2. The molecule has 0 aliphatic carbocycles. The van der Waals surface area contributed by atoms with Crippen molar-refractivity contribution in [3.8, 4) is 0 Å². The Kier molecular flexibility index (Phi) is 5.57. The molecule has 1 aromatic heterocycles. The van der Waals surface area contributed by atoms with E-state index in [4.69, 9.17) is 0 Å². The molecule has 0 fully saturated rings. The monoisotopic (exact) mass is 285 g/mol. The fraction of sp³-hybridized carbons (Fsp3) is 0.500. The van der Waals surface area contributed by atoms with Gasteiger partial charge >= 0.3 is 0 Å². The van der Waals surface area contributed by atoms with Crippen LogP contribution in [0.1, 0.15) is 48.7 Å². The van der Waals surface area contributed by atoms with Gasteiger partial charge in [0.05, 0.1) is 11.7 Å². The van der Waals surface area contributed by atoms with Crippen LogP contribution in [0.15, 0.2) is 30.5 Å². The third-order valence-corrected chi connectivity index (χ3v) is 3.92. The Morgan fingerprint density at radius 2 is 2.00 bits per heavy atom.